The molecular formula is C16H26Cl2N8O. The summed E-state index contributed by atoms with van der Waals surface area (Å²) in [6.07, 6.45) is 2.24. The van der Waals surface area contributed by atoms with Gasteiger partial charge in [0, 0.05) is 65.3 Å². The fourth-order valence-electron chi connectivity index (χ4n) is 3.41. The number of nitrogens with one attached hydrogen (secondary N) is 1. The van der Waals surface area contributed by atoms with E-state index in [-0.39, 0.29) is 30.7 Å². The summed E-state index contributed by atoms with van der Waals surface area (Å²) in [5.74, 6) is 1.23. The minimum absolute atomic E-state index is 0. The average molecular weight is 417 g/mol. The maximum atomic E-state index is 12.3. The molecule has 4 heterocycles. The lowest BCUT2D eigenvalue weighted by Crippen LogP contribution is -2.49. The Morgan fingerprint density at radius 1 is 1.04 bits per heavy atom. The van der Waals surface area contributed by atoms with E-state index in [4.69, 9.17) is 0 Å². The predicted octanol–water partition coefficient (Wildman–Crippen LogP) is -0.0882. The minimum atomic E-state index is 0. The van der Waals surface area contributed by atoms with Gasteiger partial charge in [0.1, 0.15) is 12.1 Å². The number of halogens is 2. The lowest BCUT2D eigenvalue weighted by Gasteiger charge is -2.35. The summed E-state index contributed by atoms with van der Waals surface area (Å²) in [6, 6.07) is 3.93. The van der Waals surface area contributed by atoms with Gasteiger partial charge in [0.25, 0.3) is 0 Å². The quantitative estimate of drug-likeness (QED) is 0.745. The molecule has 0 aliphatic carbocycles. The van der Waals surface area contributed by atoms with E-state index in [0.717, 1.165) is 70.4 Å². The van der Waals surface area contributed by atoms with Crippen molar-refractivity contribution < 1.29 is 4.79 Å². The highest BCUT2D eigenvalue weighted by molar-refractivity contribution is 5.85. The number of amides is 1. The highest BCUT2D eigenvalue weighted by Gasteiger charge is 2.21. The molecule has 0 spiro atoms. The van der Waals surface area contributed by atoms with Crippen molar-refractivity contribution in [1.29, 1.82) is 0 Å². The van der Waals surface area contributed by atoms with Crippen LogP contribution in [0.15, 0.2) is 18.5 Å². The van der Waals surface area contributed by atoms with Gasteiger partial charge in [-0.15, -0.1) is 40.1 Å². The summed E-state index contributed by atoms with van der Waals surface area (Å²) in [5.41, 5.74) is 0.758. The van der Waals surface area contributed by atoms with E-state index in [2.05, 4.69) is 30.4 Å². The Morgan fingerprint density at radius 3 is 2.52 bits per heavy atom. The molecule has 0 saturated carbocycles. The lowest BCUT2D eigenvalue weighted by molar-refractivity contribution is -0.132. The second kappa shape index (κ2) is 10.0. The highest BCUT2D eigenvalue weighted by Crippen LogP contribution is 2.14. The van der Waals surface area contributed by atoms with Gasteiger partial charge in [-0.25, -0.2) is 0 Å². The molecule has 2 aromatic heterocycles. The Hall–Kier alpha value is -1.68. The standard InChI is InChI=1S/C16H24N8O.2ClH/c25-16(23-7-4-17-5-8-23)3-6-21-9-11-22(12-10-21)15-2-1-14-19-18-13-24(14)20-15;;/h1-2,13,17H,3-12H2;2*1H. The van der Waals surface area contributed by atoms with Crippen LogP contribution in [-0.4, -0.2) is 94.4 Å². The van der Waals surface area contributed by atoms with Crippen molar-refractivity contribution in [2.45, 2.75) is 6.42 Å². The van der Waals surface area contributed by atoms with E-state index in [1.165, 1.54) is 0 Å². The number of fused-ring (bicyclic) bond motifs is 1. The van der Waals surface area contributed by atoms with Crippen molar-refractivity contribution in [2.75, 3.05) is 63.8 Å². The molecule has 2 fully saturated rings. The van der Waals surface area contributed by atoms with Gasteiger partial charge in [0.15, 0.2) is 5.65 Å². The van der Waals surface area contributed by atoms with Crippen LogP contribution in [0.25, 0.3) is 5.65 Å². The van der Waals surface area contributed by atoms with Crippen LogP contribution in [0.3, 0.4) is 0 Å². The van der Waals surface area contributed by atoms with Gasteiger partial charge in [0.2, 0.25) is 5.91 Å². The third kappa shape index (κ3) is 5.19. The number of nitrogens with zero attached hydrogens (tertiary/aromatic N) is 7. The molecule has 11 heteroatoms. The summed E-state index contributed by atoms with van der Waals surface area (Å²) >= 11 is 0. The fourth-order valence-corrected chi connectivity index (χ4v) is 3.41. The number of hydrogen-bond donors (Lipinski definition) is 1. The molecule has 0 radical (unpaired) electrons. The number of rotatable bonds is 4. The van der Waals surface area contributed by atoms with E-state index in [1.807, 2.05) is 17.0 Å². The Kier molecular flexibility index (Phi) is 8.03. The van der Waals surface area contributed by atoms with Crippen LogP contribution in [-0.2, 0) is 4.79 Å². The first-order valence-corrected chi connectivity index (χ1v) is 8.92. The lowest BCUT2D eigenvalue weighted by atomic mass is 10.2. The smallest absolute Gasteiger partial charge is 0.223 e. The Bertz CT molecular complexity index is 728. The number of carbonyl (C=O) groups excluding carboxylic acids is 1. The molecule has 2 saturated heterocycles. The molecule has 150 valence electrons. The van der Waals surface area contributed by atoms with Crippen LogP contribution in [0.4, 0.5) is 5.82 Å². The van der Waals surface area contributed by atoms with Gasteiger partial charge >= 0.3 is 0 Å². The third-order valence-electron chi connectivity index (χ3n) is 4.96. The minimum Gasteiger partial charge on any atom is -0.353 e. The second-order valence-electron chi connectivity index (χ2n) is 6.53. The van der Waals surface area contributed by atoms with Crippen molar-refractivity contribution in [3.8, 4) is 0 Å². The second-order valence-corrected chi connectivity index (χ2v) is 6.53. The molecule has 1 amide bonds. The van der Waals surface area contributed by atoms with Crippen molar-refractivity contribution >= 4 is 42.2 Å². The molecule has 1 N–H and O–H groups in total. The predicted molar refractivity (Wildman–Crippen MR) is 108 cm³/mol. The third-order valence-corrected chi connectivity index (χ3v) is 4.96. The van der Waals surface area contributed by atoms with Gasteiger partial charge in [-0.3, -0.25) is 9.69 Å². The van der Waals surface area contributed by atoms with Crippen LogP contribution < -0.4 is 10.2 Å². The molecule has 2 aliphatic rings. The molecule has 9 nitrogen and oxygen atoms in total. The average Bonchev–Trinajstić information content (AvgIpc) is 3.15. The molecule has 4 rings (SSSR count). The van der Waals surface area contributed by atoms with E-state index < -0.39 is 0 Å². The summed E-state index contributed by atoms with van der Waals surface area (Å²) < 4.78 is 1.70. The van der Waals surface area contributed by atoms with Crippen molar-refractivity contribution in [1.82, 2.24) is 34.9 Å². The zero-order valence-electron chi connectivity index (χ0n) is 15.2. The van der Waals surface area contributed by atoms with Crippen LogP contribution in [0.1, 0.15) is 6.42 Å². The molecule has 0 unspecified atom stereocenters. The Balaban J connectivity index is 0.00000131. The normalized spacial score (nSPS) is 18.1. The first kappa shape index (κ1) is 21.6. The van der Waals surface area contributed by atoms with Gasteiger partial charge in [-0.2, -0.15) is 4.52 Å². The summed E-state index contributed by atoms with van der Waals surface area (Å²) in [4.78, 5) is 18.9. The fraction of sp³-hybridized carbons (Fsp3) is 0.625. The molecule has 0 aromatic carbocycles. The van der Waals surface area contributed by atoms with E-state index in [0.29, 0.717) is 6.42 Å². The van der Waals surface area contributed by atoms with Gasteiger partial charge < -0.3 is 15.1 Å². The molecular weight excluding hydrogens is 391 g/mol. The maximum absolute atomic E-state index is 12.3. The van der Waals surface area contributed by atoms with E-state index in [1.54, 1.807) is 10.8 Å². The van der Waals surface area contributed by atoms with E-state index >= 15 is 0 Å². The zero-order chi connectivity index (χ0) is 17.1. The Morgan fingerprint density at radius 2 is 1.78 bits per heavy atom. The molecule has 27 heavy (non-hydrogen) atoms. The van der Waals surface area contributed by atoms with Crippen LogP contribution in [0, 0.1) is 0 Å². The first-order valence-electron chi connectivity index (χ1n) is 8.92. The van der Waals surface area contributed by atoms with Crippen molar-refractivity contribution in [2.24, 2.45) is 0 Å². The largest absolute Gasteiger partial charge is 0.353 e. The van der Waals surface area contributed by atoms with Gasteiger partial charge in [0.05, 0.1) is 0 Å². The van der Waals surface area contributed by atoms with Gasteiger partial charge in [-0.1, -0.05) is 0 Å². The Labute approximate surface area is 170 Å². The maximum Gasteiger partial charge on any atom is 0.223 e. The zero-order valence-corrected chi connectivity index (χ0v) is 16.8. The van der Waals surface area contributed by atoms with Crippen LogP contribution >= 0.6 is 24.8 Å². The van der Waals surface area contributed by atoms with E-state index in [9.17, 15) is 4.79 Å². The molecule has 0 atom stereocenters. The summed E-state index contributed by atoms with van der Waals surface area (Å²) in [7, 11) is 0. The first-order chi connectivity index (χ1) is 12.3. The van der Waals surface area contributed by atoms with Crippen molar-refractivity contribution in [3.63, 3.8) is 0 Å². The van der Waals surface area contributed by atoms with Crippen LogP contribution in [0.2, 0.25) is 0 Å². The van der Waals surface area contributed by atoms with Crippen LogP contribution in [0.5, 0.6) is 0 Å². The SMILES string of the molecule is Cl.Cl.O=C(CCN1CCN(c2ccc3nncn3n2)CC1)N1CCNCC1. The number of aromatic nitrogens is 4. The number of hydrogen-bond acceptors (Lipinski definition) is 7. The molecule has 2 aliphatic heterocycles. The number of anilines is 1. The monoisotopic (exact) mass is 416 g/mol. The summed E-state index contributed by atoms with van der Waals surface area (Å²) in [5, 5.41) is 15.7. The summed E-state index contributed by atoms with van der Waals surface area (Å²) in [6.45, 7) is 8.09. The molecule has 2 aromatic rings. The highest BCUT2D eigenvalue weighted by atomic mass is 35.5. The number of piperazine rings is 2. The topological polar surface area (TPSA) is 81.9 Å². The van der Waals surface area contributed by atoms with Crippen molar-refractivity contribution in [3.05, 3.63) is 18.5 Å². The molecule has 0 bridgehead atoms. The number of carbonyl (C=O) groups is 1. The van der Waals surface area contributed by atoms with Gasteiger partial charge in [-0.05, 0) is 12.1 Å².